The first-order valence-corrected chi connectivity index (χ1v) is 11.6. The summed E-state index contributed by atoms with van der Waals surface area (Å²) in [5.41, 5.74) is 3.90. The minimum atomic E-state index is -0.333. The van der Waals surface area contributed by atoms with Crippen molar-refractivity contribution < 1.29 is 14.3 Å². The van der Waals surface area contributed by atoms with Gasteiger partial charge in [0.2, 0.25) is 6.41 Å². The van der Waals surface area contributed by atoms with E-state index in [4.69, 9.17) is 16.3 Å². The Morgan fingerprint density at radius 1 is 1.28 bits per heavy atom. The molecule has 0 radical (unpaired) electrons. The van der Waals surface area contributed by atoms with Crippen LogP contribution < -0.4 is 9.80 Å². The van der Waals surface area contributed by atoms with Gasteiger partial charge in [0.15, 0.2) is 0 Å². The smallest absolute Gasteiger partial charge is 0.270 e. The van der Waals surface area contributed by atoms with Gasteiger partial charge in [-0.05, 0) is 49.2 Å². The van der Waals surface area contributed by atoms with E-state index in [2.05, 4.69) is 47.2 Å². The largest absolute Gasteiger partial charge is 0.373 e. The molecule has 2 aromatic rings. The molecule has 1 aliphatic rings. The summed E-state index contributed by atoms with van der Waals surface area (Å²) in [6, 6.07) is 11.5. The van der Waals surface area contributed by atoms with Gasteiger partial charge in [-0.25, -0.2) is 0 Å². The van der Waals surface area contributed by atoms with Crippen molar-refractivity contribution in [3.8, 4) is 0 Å². The van der Waals surface area contributed by atoms with Crippen molar-refractivity contribution in [1.29, 1.82) is 0 Å². The van der Waals surface area contributed by atoms with Gasteiger partial charge in [0, 0.05) is 42.4 Å². The summed E-state index contributed by atoms with van der Waals surface area (Å²) in [5.74, 6) is -0.310. The van der Waals surface area contributed by atoms with Gasteiger partial charge in [-0.1, -0.05) is 31.7 Å². The lowest BCUT2D eigenvalue weighted by Crippen LogP contribution is -2.37. The molecule has 0 aliphatic carbocycles. The number of rotatable bonds is 9. The average molecular weight is 474 g/mol. The van der Waals surface area contributed by atoms with Crippen LogP contribution in [0, 0.1) is 5.92 Å². The summed E-state index contributed by atoms with van der Waals surface area (Å²) in [4.78, 5) is 30.1. The van der Waals surface area contributed by atoms with Crippen molar-refractivity contribution >= 4 is 46.6 Å². The summed E-state index contributed by atoms with van der Waals surface area (Å²) in [6.07, 6.45) is 0.585. The Kier molecular flexibility index (Phi) is 8.12. The molecule has 32 heavy (non-hydrogen) atoms. The monoisotopic (exact) mass is 473 g/mol. The van der Waals surface area contributed by atoms with Gasteiger partial charge in [0.05, 0.1) is 22.4 Å². The minimum Gasteiger partial charge on any atom is -0.373 e. The van der Waals surface area contributed by atoms with Crippen LogP contribution in [0.1, 0.15) is 23.5 Å². The number of hydrogen-bond acceptors (Lipinski definition) is 6. The summed E-state index contributed by atoms with van der Waals surface area (Å²) < 4.78 is 5.96. The van der Waals surface area contributed by atoms with Gasteiger partial charge in [-0.2, -0.15) is 0 Å². The molecule has 1 atom stereocenters. The molecule has 3 rings (SSSR count). The van der Waals surface area contributed by atoms with E-state index in [-0.39, 0.29) is 11.8 Å². The van der Waals surface area contributed by atoms with Crippen LogP contribution in [0.25, 0.3) is 0 Å². The fraction of sp³-hybridized carbons (Fsp3) is 0.333. The summed E-state index contributed by atoms with van der Waals surface area (Å²) >= 11 is 7.10. The van der Waals surface area contributed by atoms with E-state index in [1.807, 2.05) is 13.8 Å². The van der Waals surface area contributed by atoms with Crippen LogP contribution in [0.15, 0.2) is 61.0 Å². The molecule has 1 aromatic carbocycles. The summed E-state index contributed by atoms with van der Waals surface area (Å²) in [6.45, 7) is 15.1. The predicted molar refractivity (Wildman–Crippen MR) is 132 cm³/mol. The third-order valence-electron chi connectivity index (χ3n) is 5.22. The van der Waals surface area contributed by atoms with E-state index >= 15 is 0 Å². The van der Waals surface area contributed by atoms with Crippen molar-refractivity contribution in [2.24, 2.45) is 5.92 Å². The number of hydrogen-bond donors (Lipinski definition) is 0. The van der Waals surface area contributed by atoms with Gasteiger partial charge < -0.3 is 14.5 Å². The molecule has 0 bridgehead atoms. The Balaban J connectivity index is 1.67. The molecule has 1 aromatic heterocycles. The number of ether oxygens (including phenoxy) is 1. The molecule has 2 heterocycles. The highest BCUT2D eigenvalue weighted by atomic mass is 35.5. The number of benzene rings is 1. The molecule has 1 unspecified atom stereocenters. The maximum Gasteiger partial charge on any atom is 0.270 e. The van der Waals surface area contributed by atoms with Crippen molar-refractivity contribution in [2.45, 2.75) is 13.8 Å². The van der Waals surface area contributed by atoms with Crippen LogP contribution in [0.3, 0.4) is 0 Å². The molecule has 0 saturated carbocycles. The predicted octanol–water partition coefficient (Wildman–Crippen LogP) is 5.03. The van der Waals surface area contributed by atoms with E-state index in [0.29, 0.717) is 41.9 Å². The van der Waals surface area contributed by atoms with Crippen LogP contribution in [0.2, 0.25) is 4.34 Å². The topological polar surface area (TPSA) is 53.1 Å². The Morgan fingerprint density at radius 2 is 2.00 bits per heavy atom. The third kappa shape index (κ3) is 5.79. The van der Waals surface area contributed by atoms with Crippen LogP contribution in [-0.2, 0) is 9.53 Å². The highest BCUT2D eigenvalue weighted by molar-refractivity contribution is 7.18. The van der Waals surface area contributed by atoms with Crippen LogP contribution in [-0.4, -0.2) is 50.1 Å². The highest BCUT2D eigenvalue weighted by Crippen LogP contribution is 2.27. The van der Waals surface area contributed by atoms with Crippen molar-refractivity contribution in [1.82, 2.24) is 4.90 Å². The standard InChI is InChI=1S/C24H28ClN3O3S/c1-17(2)28(21-7-5-20(6-8-21)27-11-12-31-15-19(27)4)14-18(3)13-26(16-29)24(30)22-9-10-23(25)32-22/h5-10,16,18H,1,4,11-15H2,2-3H3. The average Bonchev–Trinajstić information content (AvgIpc) is 3.22. The Hall–Kier alpha value is -2.61. The second-order valence-electron chi connectivity index (χ2n) is 7.90. The zero-order chi connectivity index (χ0) is 23.3. The SMILES string of the molecule is C=C(C)N(CC(C)CN(C=O)C(=O)c1ccc(Cl)s1)c1ccc(N2CCOCC2=C)cc1. The fourth-order valence-corrected chi connectivity index (χ4v) is 4.64. The van der Waals surface area contributed by atoms with Crippen molar-refractivity contribution in [3.63, 3.8) is 0 Å². The van der Waals surface area contributed by atoms with Gasteiger partial charge in [0.25, 0.3) is 5.91 Å². The van der Waals surface area contributed by atoms with Crippen molar-refractivity contribution in [3.05, 3.63) is 70.2 Å². The van der Waals surface area contributed by atoms with Crippen LogP contribution in [0.4, 0.5) is 11.4 Å². The number of carbonyl (C=O) groups is 2. The number of amides is 2. The maximum atomic E-state index is 12.6. The summed E-state index contributed by atoms with van der Waals surface area (Å²) in [7, 11) is 0. The molecule has 170 valence electrons. The summed E-state index contributed by atoms with van der Waals surface area (Å²) in [5, 5.41) is 0. The molecular weight excluding hydrogens is 446 g/mol. The van der Waals surface area contributed by atoms with Gasteiger partial charge in [0.1, 0.15) is 0 Å². The van der Waals surface area contributed by atoms with Gasteiger partial charge in [-0.15, -0.1) is 11.3 Å². The molecule has 0 spiro atoms. The zero-order valence-electron chi connectivity index (χ0n) is 18.4. The number of carbonyl (C=O) groups excluding carboxylic acids is 2. The third-order valence-corrected chi connectivity index (χ3v) is 6.44. The molecule has 2 amide bonds. The first-order valence-electron chi connectivity index (χ1n) is 10.4. The Labute approximate surface area is 198 Å². The number of anilines is 2. The number of allylic oxidation sites excluding steroid dienone is 1. The van der Waals surface area contributed by atoms with E-state index in [0.717, 1.165) is 29.3 Å². The zero-order valence-corrected chi connectivity index (χ0v) is 20.0. The fourth-order valence-electron chi connectivity index (χ4n) is 3.64. The second kappa shape index (κ2) is 10.8. The molecular formula is C24H28ClN3O3S. The number of imide groups is 1. The molecule has 6 nitrogen and oxygen atoms in total. The number of morpholine rings is 1. The first kappa shape index (κ1) is 24.0. The Bertz CT molecular complexity index is 989. The lowest BCUT2D eigenvalue weighted by molar-refractivity contribution is -0.116. The lowest BCUT2D eigenvalue weighted by atomic mass is 10.1. The maximum absolute atomic E-state index is 12.6. The molecule has 1 aliphatic heterocycles. The van der Waals surface area contributed by atoms with Crippen LogP contribution in [0.5, 0.6) is 0 Å². The normalized spacial score (nSPS) is 14.7. The van der Waals surface area contributed by atoms with Crippen molar-refractivity contribution in [2.75, 3.05) is 42.6 Å². The molecule has 1 fully saturated rings. The van der Waals surface area contributed by atoms with Gasteiger partial charge >= 0.3 is 0 Å². The lowest BCUT2D eigenvalue weighted by Gasteiger charge is -2.32. The molecule has 1 saturated heterocycles. The molecule has 8 heteroatoms. The molecule has 0 N–H and O–H groups in total. The number of halogens is 1. The van der Waals surface area contributed by atoms with E-state index in [9.17, 15) is 9.59 Å². The quantitative estimate of drug-likeness (QED) is 0.478. The second-order valence-corrected chi connectivity index (χ2v) is 9.62. The van der Waals surface area contributed by atoms with E-state index < -0.39 is 0 Å². The van der Waals surface area contributed by atoms with E-state index in [1.54, 1.807) is 12.1 Å². The highest BCUT2D eigenvalue weighted by Gasteiger charge is 2.22. The first-order chi connectivity index (χ1) is 15.3. The number of thiophene rings is 1. The Morgan fingerprint density at radius 3 is 2.56 bits per heavy atom. The minimum absolute atomic E-state index is 0.0231. The van der Waals surface area contributed by atoms with Crippen LogP contribution >= 0.6 is 22.9 Å². The van der Waals surface area contributed by atoms with Gasteiger partial charge in [-0.3, -0.25) is 14.5 Å². The van der Waals surface area contributed by atoms with E-state index in [1.165, 1.54) is 16.2 Å². The number of nitrogens with zero attached hydrogens (tertiary/aromatic N) is 3.